The summed E-state index contributed by atoms with van der Waals surface area (Å²) in [5.41, 5.74) is 21.4. The SMILES string of the molecule is CCCCCCc1cc(CCCCCC)cc(C2(c3cc(CCCCCC)cc(CCCCCC)c3)c3cc(-c4cc(C)c(/C=C/C=C5\C(=O)c6cc(F)c(F)cc6C5=C(C#N)C#N)s4)sc3-c3sc4c5c(sc4c32)-c2sc(-c3cc(C)c(/C=C/C=C4\C(=O)c6cc(F)c(F)cc6C4=C(C#N)C#N)s3)cc2C5(c2cc(CCCCCC)cc(CCCCCC)c2)c2cc(CCCCCC)cc(CCCCCC)c2)c1. The number of thiophene rings is 6. The molecule has 0 saturated heterocycles. The second kappa shape index (κ2) is 49.2. The first kappa shape index (κ1) is 106. The number of ketones is 2. The lowest BCUT2D eigenvalue weighted by atomic mass is 9.65. The third-order valence-electron chi connectivity index (χ3n) is 30.0. The molecule has 4 aliphatic rings. The molecule has 144 heavy (non-hydrogen) atoms. The highest BCUT2D eigenvalue weighted by atomic mass is 32.1. The lowest BCUT2D eigenvalue weighted by Crippen LogP contribution is -2.30. The number of carbonyl (C=O) groups is 2. The van der Waals surface area contributed by atoms with Gasteiger partial charge in [0.15, 0.2) is 34.8 Å². The molecular formula is C128H136F4N4O2S6. The average Bonchev–Trinajstić information content (AvgIpc) is 1.48. The standard InChI is InChI=1S/C128H136F4N4O2S6/c1-11-19-27-35-45-83-59-84(46-36-28-20-12-2)64-93(63-83)127(94-65-85(47-37-29-21-13-3)60-86(66-94)48-38-30-22-14-4)103-75-113(111-57-81(9)109(139-111)55-43-53-97-115(91(77-133)78-134)99-71-105(129)107(131)73-101(99)119(97)137)141-121(103)123-117(127)125-126(143-123)118-124(144-125)122-104(76-114(142-122)112-58-82(10)110(140-112)56-44-54-98-116(92(79-135)80-136)100-72-106(130)108(132)74-102(100)120(98)138)128(118,95-67-87(49-39-31-23-15-5)61-88(68-95)50-40-32-24-16-6)96-69-89(51-41-33-25-17-7)62-90(70-96)52-42-34-26-18-8/h43-44,53-76H,11-42,45-52H2,1-10H3/b55-43+,56-44+,97-53-,98-54-. The highest BCUT2D eigenvalue weighted by Gasteiger charge is 2.56. The van der Waals surface area contributed by atoms with Crippen molar-refractivity contribution in [3.63, 3.8) is 0 Å². The average molecular weight is 2030 g/mol. The Morgan fingerprint density at radius 3 is 0.778 bits per heavy atom. The summed E-state index contributed by atoms with van der Waals surface area (Å²) in [4.78, 5) is 40.3. The summed E-state index contributed by atoms with van der Waals surface area (Å²) in [6.07, 6.45) is 55.0. The molecule has 16 heteroatoms. The number of unbranched alkanes of at least 4 members (excludes halogenated alkanes) is 24. The maximum atomic E-state index is 15.1. The highest BCUT2D eigenvalue weighted by Crippen LogP contribution is 2.72. The number of nitrogens with zero attached hydrogens (tertiary/aromatic N) is 4. The molecule has 4 aliphatic carbocycles. The van der Waals surface area contributed by atoms with E-state index in [1.54, 1.807) is 47.0 Å². The first-order valence-corrected chi connectivity index (χ1v) is 58.7. The predicted molar refractivity (Wildman–Crippen MR) is 601 cm³/mol. The van der Waals surface area contributed by atoms with Gasteiger partial charge in [-0.25, -0.2) is 17.6 Å². The molecule has 16 rings (SSSR count). The van der Waals surface area contributed by atoms with Crippen molar-refractivity contribution in [3.05, 3.63) is 323 Å². The fourth-order valence-electron chi connectivity index (χ4n) is 22.6. The summed E-state index contributed by atoms with van der Waals surface area (Å²) in [6, 6.07) is 52.9. The van der Waals surface area contributed by atoms with Crippen molar-refractivity contribution < 1.29 is 27.2 Å². The van der Waals surface area contributed by atoms with E-state index in [9.17, 15) is 30.6 Å². The molecule has 0 fully saturated rings. The molecule has 6 aromatic carbocycles. The summed E-state index contributed by atoms with van der Waals surface area (Å²) in [5, 5.41) is 41.2. The van der Waals surface area contributed by atoms with E-state index >= 15 is 17.6 Å². The number of benzene rings is 6. The first-order chi connectivity index (χ1) is 70.2. The van der Waals surface area contributed by atoms with Gasteiger partial charge in [0.2, 0.25) is 0 Å². The van der Waals surface area contributed by atoms with Crippen LogP contribution in [-0.4, -0.2) is 11.6 Å². The fraction of sp³-hybridized carbons (Fsp3) is 0.406. The van der Waals surface area contributed by atoms with Crippen LogP contribution in [0, 0.1) is 82.4 Å². The summed E-state index contributed by atoms with van der Waals surface area (Å²) in [5.74, 6) is -5.90. The zero-order valence-corrected chi connectivity index (χ0v) is 90.8. The Bertz CT molecular complexity index is 6440. The Morgan fingerprint density at radius 1 is 0.292 bits per heavy atom. The Kier molecular flexibility index (Phi) is 36.2. The van der Waals surface area contributed by atoms with E-state index in [-0.39, 0.29) is 55.7 Å². The van der Waals surface area contributed by atoms with Crippen LogP contribution in [0.4, 0.5) is 17.6 Å². The number of Topliss-reactive ketones (excluding diaryl/α,β-unsaturated/α-hetero) is 2. The molecule has 0 aliphatic heterocycles. The van der Waals surface area contributed by atoms with Gasteiger partial charge in [0.05, 0.1) is 39.7 Å². The van der Waals surface area contributed by atoms with E-state index in [0.717, 1.165) is 270 Å². The fourth-order valence-corrected chi connectivity index (χ4v) is 30.8. The molecule has 0 radical (unpaired) electrons. The van der Waals surface area contributed by atoms with E-state index in [1.165, 1.54) is 169 Å². The van der Waals surface area contributed by atoms with E-state index in [2.05, 4.69) is 189 Å². The number of carbonyl (C=O) groups excluding carboxylic acids is 2. The third-order valence-corrected chi connectivity index (χ3v) is 37.9. The quantitative estimate of drug-likeness (QED) is 0.0162. The largest absolute Gasteiger partial charge is 0.289 e. The minimum atomic E-state index is -1.19. The molecule has 0 bridgehead atoms. The number of aryl methyl sites for hydroxylation is 10. The lowest BCUT2D eigenvalue weighted by Gasteiger charge is -2.35. The van der Waals surface area contributed by atoms with Crippen molar-refractivity contribution in [3.8, 4) is 63.3 Å². The molecule has 12 aromatic rings. The monoisotopic (exact) mass is 2030 g/mol. The van der Waals surface area contributed by atoms with E-state index in [4.69, 9.17) is 0 Å². The third kappa shape index (κ3) is 22.1. The van der Waals surface area contributed by atoms with Crippen LogP contribution in [0.5, 0.6) is 0 Å². The Labute approximate surface area is 876 Å². The summed E-state index contributed by atoms with van der Waals surface area (Å²) >= 11 is 11.3. The highest BCUT2D eigenvalue weighted by molar-refractivity contribution is 7.35. The molecule has 0 unspecified atom stereocenters. The number of nitriles is 4. The van der Waals surface area contributed by atoms with Gasteiger partial charge in [0.1, 0.15) is 35.4 Å². The van der Waals surface area contributed by atoms with E-state index in [0.29, 0.717) is 0 Å². The van der Waals surface area contributed by atoms with Crippen LogP contribution < -0.4 is 0 Å². The molecule has 0 spiro atoms. The molecular weight excluding hydrogens is 1890 g/mol. The van der Waals surface area contributed by atoms with Crippen LogP contribution >= 0.6 is 68.0 Å². The van der Waals surface area contributed by atoms with Gasteiger partial charge < -0.3 is 0 Å². The van der Waals surface area contributed by atoms with Crippen molar-refractivity contribution in [2.75, 3.05) is 0 Å². The molecule has 0 atom stereocenters. The van der Waals surface area contributed by atoms with Crippen LogP contribution in [0.1, 0.15) is 403 Å². The number of hydrogen-bond donors (Lipinski definition) is 0. The minimum absolute atomic E-state index is 0.00820. The van der Waals surface area contributed by atoms with Gasteiger partial charge in [-0.05, 0) is 277 Å². The summed E-state index contributed by atoms with van der Waals surface area (Å²) < 4.78 is 63.0. The smallest absolute Gasteiger partial charge is 0.194 e. The molecule has 744 valence electrons. The molecule has 6 heterocycles. The minimum Gasteiger partial charge on any atom is -0.289 e. The normalized spacial score (nSPS) is 14.2. The summed E-state index contributed by atoms with van der Waals surface area (Å²) in [7, 11) is 0. The number of allylic oxidation sites excluding steroid dienone is 10. The molecule has 0 amide bonds. The molecule has 6 nitrogen and oxygen atoms in total. The van der Waals surface area contributed by atoms with Gasteiger partial charge in [0, 0.05) is 73.8 Å². The zero-order chi connectivity index (χ0) is 101. The van der Waals surface area contributed by atoms with Gasteiger partial charge in [0.25, 0.3) is 0 Å². The van der Waals surface area contributed by atoms with Crippen molar-refractivity contribution in [1.29, 1.82) is 21.0 Å². The van der Waals surface area contributed by atoms with Crippen LogP contribution in [0.15, 0.2) is 168 Å². The zero-order valence-electron chi connectivity index (χ0n) is 85.9. The Morgan fingerprint density at radius 2 is 0.535 bits per heavy atom. The molecule has 0 saturated carbocycles. The predicted octanol–water partition coefficient (Wildman–Crippen LogP) is 38.7. The van der Waals surface area contributed by atoms with Crippen LogP contribution in [-0.2, 0) is 62.2 Å². The van der Waals surface area contributed by atoms with Crippen molar-refractivity contribution >= 4 is 112 Å². The maximum Gasteiger partial charge on any atom is 0.194 e. The van der Waals surface area contributed by atoms with Gasteiger partial charge in [-0.1, -0.05) is 307 Å². The first-order valence-electron chi connectivity index (χ1n) is 53.8. The number of fused-ring (bicyclic) bond motifs is 11. The second-order valence-corrected chi connectivity index (χ2v) is 46.9. The topological polar surface area (TPSA) is 129 Å². The number of hydrogen-bond acceptors (Lipinski definition) is 12. The Hall–Kier alpha value is -10.8. The summed E-state index contributed by atoms with van der Waals surface area (Å²) in [6.45, 7) is 22.8. The van der Waals surface area contributed by atoms with Crippen LogP contribution in [0.2, 0.25) is 0 Å². The van der Waals surface area contributed by atoms with E-state index < -0.39 is 45.7 Å². The molecule has 6 aromatic heterocycles. The van der Waals surface area contributed by atoms with Crippen molar-refractivity contribution in [2.45, 2.75) is 337 Å². The van der Waals surface area contributed by atoms with Gasteiger partial charge in [-0.2, -0.15) is 21.0 Å². The number of rotatable bonds is 50. The molecule has 0 N–H and O–H groups in total. The van der Waals surface area contributed by atoms with Gasteiger partial charge in [-0.15, -0.1) is 68.0 Å². The van der Waals surface area contributed by atoms with E-state index in [1.807, 2.05) is 59.1 Å². The Balaban J connectivity index is 1.01. The van der Waals surface area contributed by atoms with Crippen molar-refractivity contribution in [1.82, 2.24) is 0 Å². The number of halogens is 4. The van der Waals surface area contributed by atoms with Crippen molar-refractivity contribution in [2.24, 2.45) is 0 Å². The lowest BCUT2D eigenvalue weighted by molar-refractivity contribution is 0.103. The van der Waals surface area contributed by atoms with Gasteiger partial charge in [-0.3, -0.25) is 9.59 Å². The van der Waals surface area contributed by atoms with Crippen LogP contribution in [0.25, 0.3) is 71.7 Å². The van der Waals surface area contributed by atoms with Crippen LogP contribution in [0.3, 0.4) is 0 Å². The maximum absolute atomic E-state index is 15.1. The second-order valence-electron chi connectivity index (χ2n) is 40.5. The van der Waals surface area contributed by atoms with Gasteiger partial charge >= 0.3 is 0 Å².